The Bertz CT molecular complexity index is 621. The molecule has 0 spiro atoms. The first-order valence-corrected chi connectivity index (χ1v) is 8.39. The summed E-state index contributed by atoms with van der Waals surface area (Å²) in [6.45, 7) is 0. The Balaban J connectivity index is 2.44. The Morgan fingerprint density at radius 1 is 0.789 bits per heavy atom. The summed E-state index contributed by atoms with van der Waals surface area (Å²) in [6, 6.07) is 7.63. The van der Waals surface area contributed by atoms with Crippen LogP contribution in [-0.2, 0) is 6.42 Å². The van der Waals surface area contributed by atoms with Gasteiger partial charge in [0.2, 0.25) is 0 Å². The van der Waals surface area contributed by atoms with Crippen LogP contribution in [0.25, 0.3) is 0 Å². The van der Waals surface area contributed by atoms with Gasteiger partial charge in [-0.15, -0.1) is 0 Å². The standard InChI is InChI=1S/C13H8Br4O2/c14-8-2-6(3-9(15)5-8)1-7-4-10(16)13(19)11(17)12(7)18/h2-5,18-19H,1H2. The SMILES string of the molecule is Oc1c(Br)cc(Cc2cc(Br)cc(Br)c2)c(O)c1Br. The minimum Gasteiger partial charge on any atom is -0.506 e. The number of hydrogen-bond acceptors (Lipinski definition) is 2. The molecule has 0 aliphatic heterocycles. The van der Waals surface area contributed by atoms with E-state index >= 15 is 0 Å². The molecular formula is C13H8Br4O2. The van der Waals surface area contributed by atoms with Crippen molar-refractivity contribution in [1.29, 1.82) is 0 Å². The first-order chi connectivity index (χ1) is 8.88. The van der Waals surface area contributed by atoms with Crippen LogP contribution in [0.3, 0.4) is 0 Å². The fraction of sp³-hybridized carbons (Fsp3) is 0.0769. The molecule has 2 rings (SSSR count). The van der Waals surface area contributed by atoms with Gasteiger partial charge in [-0.1, -0.05) is 31.9 Å². The highest BCUT2D eigenvalue weighted by Crippen LogP contribution is 2.42. The first kappa shape index (κ1) is 15.4. The third-order valence-electron chi connectivity index (χ3n) is 2.56. The third-order valence-corrected chi connectivity index (χ3v) is 4.84. The highest BCUT2D eigenvalue weighted by molar-refractivity contribution is 9.11. The van der Waals surface area contributed by atoms with E-state index in [0.717, 1.165) is 20.1 Å². The molecule has 0 atom stereocenters. The monoisotopic (exact) mass is 512 g/mol. The maximum atomic E-state index is 10.1. The van der Waals surface area contributed by atoms with Crippen molar-refractivity contribution >= 4 is 63.7 Å². The first-order valence-electron chi connectivity index (χ1n) is 5.22. The predicted molar refractivity (Wildman–Crippen MR) is 89.8 cm³/mol. The van der Waals surface area contributed by atoms with Gasteiger partial charge in [-0.25, -0.2) is 0 Å². The van der Waals surface area contributed by atoms with Crippen molar-refractivity contribution < 1.29 is 10.2 Å². The molecule has 2 nitrogen and oxygen atoms in total. The molecule has 2 aromatic carbocycles. The average Bonchev–Trinajstić information content (AvgIpc) is 2.32. The Labute approximate surface area is 144 Å². The molecule has 0 unspecified atom stereocenters. The van der Waals surface area contributed by atoms with Gasteiger partial charge < -0.3 is 10.2 Å². The van der Waals surface area contributed by atoms with Crippen molar-refractivity contribution in [2.75, 3.05) is 0 Å². The molecule has 2 N–H and O–H groups in total. The Morgan fingerprint density at radius 3 is 1.95 bits per heavy atom. The van der Waals surface area contributed by atoms with Gasteiger partial charge in [-0.3, -0.25) is 0 Å². The summed E-state index contributed by atoms with van der Waals surface area (Å²) < 4.78 is 2.77. The van der Waals surface area contributed by atoms with Gasteiger partial charge in [0, 0.05) is 20.9 Å². The molecule has 0 saturated heterocycles. The second kappa shape index (κ2) is 6.16. The van der Waals surface area contributed by atoms with E-state index in [9.17, 15) is 10.2 Å². The molecule has 0 aliphatic carbocycles. The Kier molecular flexibility index (Phi) is 4.98. The topological polar surface area (TPSA) is 40.5 Å². The lowest BCUT2D eigenvalue weighted by Crippen LogP contribution is -1.91. The summed E-state index contributed by atoms with van der Waals surface area (Å²) in [4.78, 5) is 0. The van der Waals surface area contributed by atoms with Crippen LogP contribution < -0.4 is 0 Å². The zero-order valence-corrected chi connectivity index (χ0v) is 15.8. The quantitative estimate of drug-likeness (QED) is 0.536. The molecule has 0 aliphatic rings. The number of aromatic hydroxyl groups is 2. The summed E-state index contributed by atoms with van der Waals surface area (Å²) in [6.07, 6.45) is 0.557. The number of phenols is 2. The van der Waals surface area contributed by atoms with Gasteiger partial charge in [0.15, 0.2) is 0 Å². The molecule has 19 heavy (non-hydrogen) atoms. The van der Waals surface area contributed by atoms with Crippen LogP contribution in [0.5, 0.6) is 11.5 Å². The zero-order valence-electron chi connectivity index (χ0n) is 9.42. The number of rotatable bonds is 2. The van der Waals surface area contributed by atoms with Crippen LogP contribution in [0, 0.1) is 0 Å². The number of phenolic OH excluding ortho intramolecular Hbond substituents is 2. The molecular weight excluding hydrogens is 508 g/mol. The zero-order chi connectivity index (χ0) is 14.2. The van der Waals surface area contributed by atoms with Crippen LogP contribution in [0.15, 0.2) is 42.2 Å². The molecule has 0 amide bonds. The summed E-state index contributed by atoms with van der Waals surface area (Å²) in [5.74, 6) is 0.0495. The highest BCUT2D eigenvalue weighted by atomic mass is 79.9. The molecule has 0 radical (unpaired) electrons. The fourth-order valence-corrected chi connectivity index (χ4v) is 4.31. The van der Waals surface area contributed by atoms with Gasteiger partial charge in [-0.2, -0.15) is 0 Å². The van der Waals surface area contributed by atoms with Crippen molar-refractivity contribution in [1.82, 2.24) is 0 Å². The third kappa shape index (κ3) is 3.54. The van der Waals surface area contributed by atoms with Gasteiger partial charge in [-0.05, 0) is 61.7 Å². The average molecular weight is 516 g/mol. The molecule has 0 heterocycles. The molecule has 100 valence electrons. The second-order valence-corrected chi connectivity index (χ2v) is 7.46. The van der Waals surface area contributed by atoms with Crippen molar-refractivity contribution in [3.8, 4) is 11.5 Å². The summed E-state index contributed by atoms with van der Waals surface area (Å²) in [7, 11) is 0. The minimum atomic E-state index is -0.00308. The number of halogens is 4. The summed E-state index contributed by atoms with van der Waals surface area (Å²) in [5, 5.41) is 19.7. The smallest absolute Gasteiger partial charge is 0.147 e. The normalized spacial score (nSPS) is 10.7. The number of benzene rings is 2. The van der Waals surface area contributed by atoms with E-state index < -0.39 is 0 Å². The van der Waals surface area contributed by atoms with E-state index in [0.29, 0.717) is 15.4 Å². The second-order valence-electron chi connectivity index (χ2n) is 3.98. The predicted octanol–water partition coefficient (Wildman–Crippen LogP) is 5.74. The minimum absolute atomic E-state index is 0.00308. The molecule has 6 heteroatoms. The van der Waals surface area contributed by atoms with Gasteiger partial charge in [0.05, 0.1) is 4.47 Å². The van der Waals surface area contributed by atoms with Gasteiger partial charge in [0.1, 0.15) is 16.0 Å². The fourth-order valence-electron chi connectivity index (χ4n) is 1.72. The lowest BCUT2D eigenvalue weighted by atomic mass is 10.0. The van der Waals surface area contributed by atoms with E-state index in [-0.39, 0.29) is 11.5 Å². The Hall–Kier alpha value is -0.0400. The van der Waals surface area contributed by atoms with E-state index in [1.807, 2.05) is 18.2 Å². The molecule has 0 saturated carbocycles. The molecule has 0 aromatic heterocycles. The Morgan fingerprint density at radius 2 is 1.37 bits per heavy atom. The van der Waals surface area contributed by atoms with E-state index in [1.165, 1.54) is 0 Å². The van der Waals surface area contributed by atoms with Crippen LogP contribution in [0.1, 0.15) is 11.1 Å². The van der Waals surface area contributed by atoms with Crippen molar-refractivity contribution in [3.63, 3.8) is 0 Å². The molecule has 0 bridgehead atoms. The maximum Gasteiger partial charge on any atom is 0.147 e. The number of hydrogen-bond donors (Lipinski definition) is 2. The van der Waals surface area contributed by atoms with Crippen molar-refractivity contribution in [3.05, 3.63) is 53.3 Å². The van der Waals surface area contributed by atoms with E-state index in [4.69, 9.17) is 0 Å². The molecule has 2 aromatic rings. The van der Waals surface area contributed by atoms with Crippen molar-refractivity contribution in [2.24, 2.45) is 0 Å². The van der Waals surface area contributed by atoms with Crippen molar-refractivity contribution in [2.45, 2.75) is 6.42 Å². The van der Waals surface area contributed by atoms with Gasteiger partial charge in [0.25, 0.3) is 0 Å². The highest BCUT2D eigenvalue weighted by Gasteiger charge is 2.14. The van der Waals surface area contributed by atoms with Crippen LogP contribution in [-0.4, -0.2) is 10.2 Å². The largest absolute Gasteiger partial charge is 0.506 e. The summed E-state index contributed by atoms with van der Waals surface area (Å²) >= 11 is 13.3. The summed E-state index contributed by atoms with van der Waals surface area (Å²) in [5.41, 5.74) is 1.77. The lowest BCUT2D eigenvalue weighted by molar-refractivity contribution is 0.438. The lowest BCUT2D eigenvalue weighted by Gasteiger charge is -2.10. The van der Waals surface area contributed by atoms with Crippen LogP contribution in [0.2, 0.25) is 0 Å². The van der Waals surface area contributed by atoms with E-state index in [1.54, 1.807) is 6.07 Å². The maximum absolute atomic E-state index is 10.1. The van der Waals surface area contributed by atoms with Crippen LogP contribution >= 0.6 is 63.7 Å². The van der Waals surface area contributed by atoms with Crippen LogP contribution in [0.4, 0.5) is 0 Å². The van der Waals surface area contributed by atoms with E-state index in [2.05, 4.69) is 63.7 Å². The van der Waals surface area contributed by atoms with Gasteiger partial charge >= 0.3 is 0 Å². The molecule has 0 fully saturated rings.